The molecule has 17 aromatic rings. The highest BCUT2D eigenvalue weighted by atomic mass is 15.0. The Labute approximate surface area is 541 Å². The Bertz CT molecular complexity index is 5670. The largest absolute Gasteiger partial charge is 0.309 e. The van der Waals surface area contributed by atoms with Gasteiger partial charge >= 0.3 is 0 Å². The van der Waals surface area contributed by atoms with Gasteiger partial charge in [0.1, 0.15) is 0 Å². The van der Waals surface area contributed by atoms with Gasteiger partial charge in [-0.05, 0) is 166 Å². The molecule has 0 aliphatic heterocycles. The van der Waals surface area contributed by atoms with Crippen molar-refractivity contribution in [1.29, 1.82) is 0 Å². The molecule has 2 heteroatoms. The van der Waals surface area contributed by atoms with Gasteiger partial charge in [0, 0.05) is 32.8 Å². The van der Waals surface area contributed by atoms with E-state index in [0.29, 0.717) is 0 Å². The van der Waals surface area contributed by atoms with Crippen molar-refractivity contribution >= 4 is 43.6 Å². The second-order valence-corrected chi connectivity index (χ2v) is 24.7. The van der Waals surface area contributed by atoms with E-state index in [1.807, 2.05) is 0 Å². The van der Waals surface area contributed by atoms with Crippen LogP contribution in [0.15, 0.2) is 364 Å². The third-order valence-electron chi connectivity index (χ3n) is 19.7. The number of hydrogen-bond acceptors (Lipinski definition) is 0. The first kappa shape index (κ1) is 53.9. The molecule has 0 amide bonds. The minimum absolute atomic E-state index is 0.532. The zero-order chi connectivity index (χ0) is 61.4. The predicted octanol–water partition coefficient (Wildman–Crippen LogP) is 23.9. The molecule has 0 unspecified atom stereocenters. The Balaban J connectivity index is 0.643. The number of hydrogen-bond donors (Lipinski definition) is 0. The summed E-state index contributed by atoms with van der Waals surface area (Å²) in [6, 6.07) is 135. The van der Waals surface area contributed by atoms with Gasteiger partial charge in [0.2, 0.25) is 0 Å². The molecule has 0 N–H and O–H groups in total. The van der Waals surface area contributed by atoms with E-state index in [9.17, 15) is 0 Å². The van der Waals surface area contributed by atoms with Crippen molar-refractivity contribution in [1.82, 2.24) is 9.13 Å². The van der Waals surface area contributed by atoms with Crippen molar-refractivity contribution in [3.63, 3.8) is 0 Å². The molecule has 2 aromatic heterocycles. The highest BCUT2D eigenvalue weighted by molar-refractivity contribution is 6.13. The minimum Gasteiger partial charge on any atom is -0.309 e. The topological polar surface area (TPSA) is 9.86 Å². The Morgan fingerprint density at radius 1 is 0.183 bits per heavy atom. The molecule has 93 heavy (non-hydrogen) atoms. The zero-order valence-electron chi connectivity index (χ0n) is 51.0. The first-order valence-corrected chi connectivity index (χ1v) is 32.2. The molecule has 0 atom stereocenters. The average Bonchev–Trinajstić information content (AvgIpc) is 1.57. The number of benzene rings is 15. The number of rotatable bonds is 11. The molecule has 1 aliphatic carbocycles. The van der Waals surface area contributed by atoms with Gasteiger partial charge in [0.25, 0.3) is 0 Å². The summed E-state index contributed by atoms with van der Waals surface area (Å²) in [4.78, 5) is 0. The van der Waals surface area contributed by atoms with Crippen LogP contribution in [0.1, 0.15) is 22.3 Å². The van der Waals surface area contributed by atoms with Crippen LogP contribution in [-0.4, -0.2) is 9.13 Å². The summed E-state index contributed by atoms with van der Waals surface area (Å²) in [7, 11) is 0. The van der Waals surface area contributed by atoms with E-state index in [1.165, 1.54) is 161 Å². The molecular weight excluding hydrogens is 1120 g/mol. The van der Waals surface area contributed by atoms with Gasteiger partial charge in [-0.3, -0.25) is 0 Å². The quantitative estimate of drug-likeness (QED) is 0.122. The highest BCUT2D eigenvalue weighted by Crippen LogP contribution is 2.57. The molecule has 0 saturated heterocycles. The Hall–Kier alpha value is -12.1. The molecule has 0 fully saturated rings. The normalized spacial score (nSPS) is 12.4. The standard InChI is InChI=1S/C91H60N2/c1-3-21-65(22-4-1)75-29-7-8-30-76(75)67-49-53-72(54-50-67)91(84-36-14-9-32-78(84)79-33-10-15-37-85(79)91)73-27-19-25-68(57-73)63-45-41-61(42-46-63)62-43-47-64(48-44-62)69-26-20-28-74(58-69)92-87-39-17-12-34-80(87)82-59-70(51-55-89(82)92)71-52-56-90-83(60-71)81-35-13-18-40-88(81)93(90)86-38-16-11-31-77(86)66-23-5-2-6-24-66/h1-60H. The maximum Gasteiger partial charge on any atom is 0.0713 e. The van der Waals surface area contributed by atoms with E-state index in [1.54, 1.807) is 0 Å². The van der Waals surface area contributed by atoms with E-state index in [2.05, 4.69) is 373 Å². The lowest BCUT2D eigenvalue weighted by molar-refractivity contribution is 0.769. The molecule has 0 radical (unpaired) electrons. The molecule has 0 spiro atoms. The smallest absolute Gasteiger partial charge is 0.0713 e. The van der Waals surface area contributed by atoms with Gasteiger partial charge < -0.3 is 9.13 Å². The lowest BCUT2D eigenvalue weighted by Crippen LogP contribution is -2.28. The number of nitrogens with zero attached hydrogens (tertiary/aromatic N) is 2. The van der Waals surface area contributed by atoms with E-state index < -0.39 is 5.41 Å². The molecular formula is C91H60N2. The highest BCUT2D eigenvalue weighted by Gasteiger charge is 2.46. The summed E-state index contributed by atoms with van der Waals surface area (Å²) in [6.07, 6.45) is 0. The van der Waals surface area contributed by atoms with Gasteiger partial charge in [-0.2, -0.15) is 0 Å². The summed E-state index contributed by atoms with van der Waals surface area (Å²) in [5, 5.41) is 4.94. The van der Waals surface area contributed by atoms with Crippen LogP contribution < -0.4 is 0 Å². The molecule has 0 saturated carbocycles. The second-order valence-electron chi connectivity index (χ2n) is 24.7. The van der Waals surface area contributed by atoms with Crippen molar-refractivity contribution in [3.8, 4) is 100 Å². The van der Waals surface area contributed by atoms with Crippen molar-refractivity contribution in [2.75, 3.05) is 0 Å². The SMILES string of the molecule is c1ccc(-c2ccccc2-c2ccc(C3(c4cccc(-c5ccc(-c6ccc(-c7cccc(-n8c9ccccc9c9cc(-c%10ccc%11c(c%10)c%10ccccc%10n%11-c%10ccccc%10-c%10ccccc%10)ccc98)c7)cc6)cc5)c4)c4ccccc4-c4ccccc43)cc2)cc1. The van der Waals surface area contributed by atoms with Crippen molar-refractivity contribution in [2.24, 2.45) is 0 Å². The second kappa shape index (κ2) is 22.1. The zero-order valence-corrected chi connectivity index (χ0v) is 51.0. The van der Waals surface area contributed by atoms with Crippen molar-refractivity contribution < 1.29 is 0 Å². The maximum absolute atomic E-state index is 2.44. The summed E-state index contributed by atoms with van der Waals surface area (Å²) < 4.78 is 4.87. The van der Waals surface area contributed by atoms with Gasteiger partial charge in [-0.25, -0.2) is 0 Å². The van der Waals surface area contributed by atoms with Crippen molar-refractivity contribution in [2.45, 2.75) is 5.41 Å². The van der Waals surface area contributed by atoms with Crippen LogP contribution in [0.5, 0.6) is 0 Å². The number of aromatic nitrogens is 2. The number of para-hydroxylation sites is 3. The lowest BCUT2D eigenvalue weighted by Gasteiger charge is -2.34. The third kappa shape index (κ3) is 8.86. The van der Waals surface area contributed by atoms with Gasteiger partial charge in [0.15, 0.2) is 0 Å². The fourth-order valence-electron chi connectivity index (χ4n) is 15.4. The van der Waals surface area contributed by atoms with Crippen molar-refractivity contribution in [3.05, 3.63) is 386 Å². The minimum atomic E-state index is -0.532. The van der Waals surface area contributed by atoms with Crippen LogP contribution in [0.4, 0.5) is 0 Å². The third-order valence-corrected chi connectivity index (χ3v) is 19.7. The number of fused-ring (bicyclic) bond motifs is 9. The fourth-order valence-corrected chi connectivity index (χ4v) is 15.4. The van der Waals surface area contributed by atoms with Crippen LogP contribution in [-0.2, 0) is 5.41 Å². The summed E-state index contributed by atoms with van der Waals surface area (Å²) in [5.74, 6) is 0. The molecule has 434 valence electrons. The molecule has 18 rings (SSSR count). The Morgan fingerprint density at radius 2 is 0.548 bits per heavy atom. The van der Waals surface area contributed by atoms with Crippen LogP contribution in [0, 0.1) is 0 Å². The summed E-state index contributed by atoms with van der Waals surface area (Å²) >= 11 is 0. The molecule has 1 aliphatic rings. The maximum atomic E-state index is 2.44. The Morgan fingerprint density at radius 3 is 1.12 bits per heavy atom. The summed E-state index contributed by atoms with van der Waals surface area (Å²) in [6.45, 7) is 0. The fraction of sp³-hybridized carbons (Fsp3) is 0.0110. The summed E-state index contributed by atoms with van der Waals surface area (Å²) in [5.41, 5.74) is 30.9. The molecule has 0 bridgehead atoms. The van der Waals surface area contributed by atoms with Gasteiger partial charge in [-0.15, -0.1) is 0 Å². The van der Waals surface area contributed by atoms with Crippen LogP contribution in [0.25, 0.3) is 144 Å². The van der Waals surface area contributed by atoms with Crippen LogP contribution in [0.2, 0.25) is 0 Å². The molecule has 2 nitrogen and oxygen atoms in total. The molecule has 2 heterocycles. The van der Waals surface area contributed by atoms with Gasteiger partial charge in [0.05, 0.1) is 33.2 Å². The monoisotopic (exact) mass is 1180 g/mol. The van der Waals surface area contributed by atoms with E-state index in [0.717, 1.165) is 5.69 Å². The van der Waals surface area contributed by atoms with E-state index in [-0.39, 0.29) is 0 Å². The average molecular weight is 1180 g/mol. The van der Waals surface area contributed by atoms with E-state index in [4.69, 9.17) is 0 Å². The first-order chi connectivity index (χ1) is 46.1. The molecule has 15 aromatic carbocycles. The van der Waals surface area contributed by atoms with E-state index >= 15 is 0 Å². The van der Waals surface area contributed by atoms with Crippen LogP contribution in [0.3, 0.4) is 0 Å². The predicted molar refractivity (Wildman–Crippen MR) is 390 cm³/mol. The Kier molecular flexibility index (Phi) is 12.8. The lowest BCUT2D eigenvalue weighted by atomic mass is 9.67. The van der Waals surface area contributed by atoms with Crippen LogP contribution >= 0.6 is 0 Å². The van der Waals surface area contributed by atoms with Gasteiger partial charge in [-0.1, -0.05) is 303 Å². The first-order valence-electron chi connectivity index (χ1n) is 32.2.